The molecule has 0 radical (unpaired) electrons. The van der Waals surface area contributed by atoms with Crippen molar-refractivity contribution < 1.29 is 14.3 Å². The summed E-state index contributed by atoms with van der Waals surface area (Å²) in [5, 5.41) is 0.709. The highest BCUT2D eigenvalue weighted by Gasteiger charge is 2.43. The van der Waals surface area contributed by atoms with Crippen molar-refractivity contribution >= 4 is 29.3 Å². The van der Waals surface area contributed by atoms with Crippen LogP contribution in [0.3, 0.4) is 0 Å². The standard InChI is InChI=1S/C45H49ClN6O3/c46-37-20-21-40-36(29-37)19-18-35-14-8-22-48-42(35)43(40)50-26-27-52(45(54)55-39-16-5-2-6-17-39)41(31-50)44(53)51(24-9-13-33-10-3-1-4-11-33)38-15-7-12-34(28-38)30-49-25-23-47-32-49/h1,3-4,7-8,10-12,14-15,20-23,25,28-29,32,39,41,43H,2,5-6,9,13,16-19,24,26-27,30-31H2/t41-,43+/m1/s1. The summed E-state index contributed by atoms with van der Waals surface area (Å²) in [5.74, 6) is -0.107. The van der Waals surface area contributed by atoms with Crippen molar-refractivity contribution in [2.24, 2.45) is 0 Å². The molecule has 3 heterocycles. The van der Waals surface area contributed by atoms with Gasteiger partial charge in [0, 0.05) is 62.0 Å². The molecule has 0 N–H and O–H groups in total. The van der Waals surface area contributed by atoms with Crippen molar-refractivity contribution in [3.05, 3.63) is 148 Å². The molecule has 1 aliphatic heterocycles. The van der Waals surface area contributed by atoms with Crippen molar-refractivity contribution in [2.75, 3.05) is 31.1 Å². The van der Waals surface area contributed by atoms with Crippen LogP contribution in [0.2, 0.25) is 5.02 Å². The van der Waals surface area contributed by atoms with Crippen LogP contribution in [0.1, 0.15) is 78.1 Å². The largest absolute Gasteiger partial charge is 0.446 e. The van der Waals surface area contributed by atoms with Gasteiger partial charge in [0.25, 0.3) is 5.91 Å². The van der Waals surface area contributed by atoms with Crippen molar-refractivity contribution in [3.63, 3.8) is 0 Å². The zero-order chi connectivity index (χ0) is 37.6. The lowest BCUT2D eigenvalue weighted by Gasteiger charge is -2.45. The maximum absolute atomic E-state index is 15.4. The number of pyridine rings is 1. The number of carbonyl (C=O) groups excluding carboxylic acids is 2. The number of piperazine rings is 1. The normalized spacial score (nSPS) is 18.9. The Kier molecular flexibility index (Phi) is 11.6. The number of imidazole rings is 1. The van der Waals surface area contributed by atoms with E-state index in [0.717, 1.165) is 80.3 Å². The minimum Gasteiger partial charge on any atom is -0.446 e. The van der Waals surface area contributed by atoms with E-state index in [1.165, 1.54) is 16.7 Å². The van der Waals surface area contributed by atoms with E-state index in [1.54, 1.807) is 17.4 Å². The highest BCUT2D eigenvalue weighted by molar-refractivity contribution is 6.30. The quantitative estimate of drug-likeness (QED) is 0.143. The molecule has 1 saturated carbocycles. The molecule has 2 aromatic heterocycles. The van der Waals surface area contributed by atoms with Gasteiger partial charge in [0.2, 0.25) is 0 Å². The fraction of sp³-hybridized carbons (Fsp3) is 0.378. The third kappa shape index (κ3) is 8.63. The number of amides is 2. The summed E-state index contributed by atoms with van der Waals surface area (Å²) in [6.07, 6.45) is 15.1. The van der Waals surface area contributed by atoms with E-state index in [2.05, 4.69) is 64.5 Å². The van der Waals surface area contributed by atoms with Crippen LogP contribution in [0.15, 0.2) is 110 Å². The molecule has 9 nitrogen and oxygen atoms in total. The number of hydrogen-bond acceptors (Lipinski definition) is 6. The average Bonchev–Trinajstić information content (AvgIpc) is 3.67. The minimum atomic E-state index is -0.773. The van der Waals surface area contributed by atoms with Crippen LogP contribution >= 0.6 is 11.6 Å². The van der Waals surface area contributed by atoms with Crippen LogP contribution in [0, 0.1) is 0 Å². The second-order valence-corrected chi connectivity index (χ2v) is 15.6. The number of aromatic nitrogens is 3. The van der Waals surface area contributed by atoms with E-state index in [4.69, 9.17) is 21.3 Å². The van der Waals surface area contributed by atoms with Gasteiger partial charge in [-0.05, 0) is 110 Å². The van der Waals surface area contributed by atoms with E-state index in [9.17, 15) is 4.79 Å². The number of hydrogen-bond donors (Lipinski definition) is 0. The van der Waals surface area contributed by atoms with Gasteiger partial charge in [0.05, 0.1) is 18.1 Å². The molecular weight excluding hydrogens is 708 g/mol. The van der Waals surface area contributed by atoms with Crippen LogP contribution in [0.25, 0.3) is 0 Å². The zero-order valence-electron chi connectivity index (χ0n) is 31.3. The Balaban J connectivity index is 1.15. The summed E-state index contributed by atoms with van der Waals surface area (Å²) in [6.45, 7) is 2.40. The maximum atomic E-state index is 15.4. The molecule has 0 spiro atoms. The molecule has 2 atom stereocenters. The number of nitrogens with zero attached hydrogens (tertiary/aromatic N) is 6. The molecule has 2 amide bonds. The van der Waals surface area contributed by atoms with Gasteiger partial charge in [0.15, 0.2) is 0 Å². The summed E-state index contributed by atoms with van der Waals surface area (Å²) in [5.41, 5.74) is 7.64. The molecule has 10 heteroatoms. The topological polar surface area (TPSA) is 83.8 Å². The highest BCUT2D eigenvalue weighted by Crippen LogP contribution is 2.38. The molecule has 0 unspecified atom stereocenters. The molecule has 284 valence electrons. The summed E-state index contributed by atoms with van der Waals surface area (Å²) in [7, 11) is 0. The van der Waals surface area contributed by atoms with E-state index in [-0.39, 0.29) is 18.1 Å². The summed E-state index contributed by atoms with van der Waals surface area (Å²) < 4.78 is 8.22. The van der Waals surface area contributed by atoms with Gasteiger partial charge in [-0.1, -0.05) is 72.6 Å². The van der Waals surface area contributed by atoms with Crippen LogP contribution in [0.5, 0.6) is 0 Å². The molecular formula is C45H49ClN6O3. The molecule has 8 rings (SSSR count). The van der Waals surface area contributed by atoms with Gasteiger partial charge in [0.1, 0.15) is 12.1 Å². The van der Waals surface area contributed by atoms with E-state index < -0.39 is 12.1 Å². The van der Waals surface area contributed by atoms with Gasteiger partial charge in [-0.3, -0.25) is 19.6 Å². The Morgan fingerprint density at radius 2 is 1.69 bits per heavy atom. The van der Waals surface area contributed by atoms with Crippen LogP contribution in [-0.2, 0) is 35.3 Å². The zero-order valence-corrected chi connectivity index (χ0v) is 32.1. The van der Waals surface area contributed by atoms with E-state index in [0.29, 0.717) is 37.7 Å². The number of halogens is 1. The second kappa shape index (κ2) is 17.2. The van der Waals surface area contributed by atoms with Crippen LogP contribution < -0.4 is 4.90 Å². The minimum absolute atomic E-state index is 0.107. The summed E-state index contributed by atoms with van der Waals surface area (Å²) >= 11 is 6.56. The fourth-order valence-corrected chi connectivity index (χ4v) is 8.85. The summed E-state index contributed by atoms with van der Waals surface area (Å²) in [6, 6.07) is 27.9. The Morgan fingerprint density at radius 3 is 2.53 bits per heavy atom. The molecule has 2 fully saturated rings. The first-order valence-electron chi connectivity index (χ1n) is 19.8. The number of benzene rings is 3. The third-order valence-electron chi connectivity index (χ3n) is 11.5. The number of ether oxygens (including phenoxy) is 1. The number of rotatable bonds is 10. The number of anilines is 1. The Hall–Kier alpha value is -4.99. The van der Waals surface area contributed by atoms with Crippen molar-refractivity contribution in [2.45, 2.75) is 82.5 Å². The van der Waals surface area contributed by atoms with Gasteiger partial charge in [-0.2, -0.15) is 0 Å². The molecule has 0 bridgehead atoms. The molecule has 3 aromatic carbocycles. The van der Waals surface area contributed by atoms with Crippen LogP contribution in [-0.4, -0.2) is 74.7 Å². The predicted octanol–water partition coefficient (Wildman–Crippen LogP) is 8.29. The first kappa shape index (κ1) is 37.0. The van der Waals surface area contributed by atoms with Gasteiger partial charge in [-0.15, -0.1) is 0 Å². The second-order valence-electron chi connectivity index (χ2n) is 15.1. The summed E-state index contributed by atoms with van der Waals surface area (Å²) in [4.78, 5) is 44.8. The van der Waals surface area contributed by atoms with E-state index in [1.807, 2.05) is 52.2 Å². The van der Waals surface area contributed by atoms with Crippen molar-refractivity contribution in [1.82, 2.24) is 24.3 Å². The maximum Gasteiger partial charge on any atom is 0.410 e. The van der Waals surface area contributed by atoms with Gasteiger partial charge < -0.3 is 14.2 Å². The van der Waals surface area contributed by atoms with Crippen molar-refractivity contribution in [3.8, 4) is 0 Å². The number of carbonyl (C=O) groups is 2. The Labute approximate surface area is 328 Å². The third-order valence-corrected chi connectivity index (χ3v) is 11.7. The lowest BCUT2D eigenvalue weighted by molar-refractivity contribution is -0.126. The van der Waals surface area contributed by atoms with Crippen molar-refractivity contribution in [1.29, 1.82) is 0 Å². The molecule has 1 saturated heterocycles. The first-order valence-corrected chi connectivity index (χ1v) is 20.2. The fourth-order valence-electron chi connectivity index (χ4n) is 8.66. The first-order chi connectivity index (χ1) is 27.0. The average molecular weight is 757 g/mol. The Bertz CT molecular complexity index is 2070. The molecule has 3 aliphatic rings. The molecule has 5 aromatic rings. The molecule has 2 aliphatic carbocycles. The lowest BCUT2D eigenvalue weighted by Crippen LogP contribution is -2.62. The van der Waals surface area contributed by atoms with Gasteiger partial charge >= 0.3 is 6.09 Å². The Morgan fingerprint density at radius 1 is 0.855 bits per heavy atom. The monoisotopic (exact) mass is 756 g/mol. The highest BCUT2D eigenvalue weighted by atomic mass is 35.5. The van der Waals surface area contributed by atoms with E-state index >= 15 is 4.79 Å². The lowest BCUT2D eigenvalue weighted by atomic mass is 9.95. The SMILES string of the molecule is O=C([C@H]1CN([C@H]2c3ccc(Cl)cc3CCc3cccnc32)CCN1C(=O)OC1CCCCC1)N(CCCc1ccccc1)c1cccc(Cn2ccnc2)c1. The van der Waals surface area contributed by atoms with Crippen LogP contribution in [0.4, 0.5) is 10.5 Å². The molecule has 55 heavy (non-hydrogen) atoms. The predicted molar refractivity (Wildman–Crippen MR) is 215 cm³/mol. The number of aryl methyl sites for hydroxylation is 3. The smallest absolute Gasteiger partial charge is 0.410 e. The number of fused-ring (bicyclic) bond motifs is 2. The van der Waals surface area contributed by atoms with Gasteiger partial charge in [-0.25, -0.2) is 9.78 Å².